The molecule has 1 N–H and O–H groups in total. The molecule has 2 aromatic heterocycles. The zero-order chi connectivity index (χ0) is 11.2. The van der Waals surface area contributed by atoms with Gasteiger partial charge in [-0.2, -0.15) is 0 Å². The summed E-state index contributed by atoms with van der Waals surface area (Å²) in [7, 11) is 0. The molecule has 0 radical (unpaired) electrons. The second-order valence-corrected chi connectivity index (χ2v) is 5.36. The van der Waals surface area contributed by atoms with Gasteiger partial charge in [0.25, 0.3) is 0 Å². The molecule has 0 fully saturated rings. The Labute approximate surface area is 116 Å². The van der Waals surface area contributed by atoms with Crippen LogP contribution in [0, 0.1) is 0 Å². The molecule has 94 valence electrons. The molecule has 17 heavy (non-hydrogen) atoms. The third kappa shape index (κ3) is 4.71. The van der Waals surface area contributed by atoms with Crippen molar-refractivity contribution in [1.82, 2.24) is 15.3 Å². The number of aryl methyl sites for hydroxylation is 1. The summed E-state index contributed by atoms with van der Waals surface area (Å²) in [5.74, 6) is 0. The van der Waals surface area contributed by atoms with Gasteiger partial charge in [0.15, 0.2) is 0 Å². The molecule has 2 rings (SSSR count). The Balaban J connectivity index is 0.00000144. The zero-order valence-corrected chi connectivity index (χ0v) is 12.1. The van der Waals surface area contributed by atoms with Crippen LogP contribution < -0.4 is 5.32 Å². The number of halogens is 1. The minimum Gasteiger partial charge on any atom is -0.311 e. The van der Waals surface area contributed by atoms with Crippen molar-refractivity contribution < 1.29 is 0 Å². The highest BCUT2D eigenvalue weighted by Crippen LogP contribution is 2.09. The summed E-state index contributed by atoms with van der Waals surface area (Å²) in [6.45, 7) is 3.97. The normalized spacial score (nSPS) is 10.2. The van der Waals surface area contributed by atoms with Crippen LogP contribution in [0.4, 0.5) is 0 Å². The van der Waals surface area contributed by atoms with Crippen LogP contribution in [0.5, 0.6) is 0 Å². The summed E-state index contributed by atoms with van der Waals surface area (Å²) in [6.07, 6.45) is 3.89. The molecule has 0 unspecified atom stereocenters. The van der Waals surface area contributed by atoms with E-state index in [0.717, 1.165) is 31.6 Å². The van der Waals surface area contributed by atoms with Gasteiger partial charge in [0.1, 0.15) is 0 Å². The van der Waals surface area contributed by atoms with Gasteiger partial charge in [0.2, 0.25) is 0 Å². The lowest BCUT2D eigenvalue weighted by molar-refractivity contribution is 0.674. The third-order valence-corrected chi connectivity index (χ3v) is 4.09. The average Bonchev–Trinajstić information content (AvgIpc) is 2.95. The molecule has 0 amide bonds. The SMILES string of the molecule is CCc1nc(CNCCc2nccs2)cs1.Cl. The summed E-state index contributed by atoms with van der Waals surface area (Å²) in [6, 6.07) is 0. The van der Waals surface area contributed by atoms with Crippen molar-refractivity contribution in [3.63, 3.8) is 0 Å². The molecule has 3 nitrogen and oxygen atoms in total. The van der Waals surface area contributed by atoms with E-state index in [4.69, 9.17) is 0 Å². The fourth-order valence-electron chi connectivity index (χ4n) is 1.38. The number of hydrogen-bond acceptors (Lipinski definition) is 5. The van der Waals surface area contributed by atoms with Gasteiger partial charge < -0.3 is 5.32 Å². The fraction of sp³-hybridized carbons (Fsp3) is 0.455. The van der Waals surface area contributed by atoms with Gasteiger partial charge >= 0.3 is 0 Å². The predicted molar refractivity (Wildman–Crippen MR) is 76.3 cm³/mol. The minimum atomic E-state index is 0. The maximum absolute atomic E-state index is 4.51. The smallest absolute Gasteiger partial charge is 0.0937 e. The van der Waals surface area contributed by atoms with E-state index in [1.807, 2.05) is 11.6 Å². The van der Waals surface area contributed by atoms with Crippen LogP contribution in [0.15, 0.2) is 17.0 Å². The molecule has 0 saturated carbocycles. The molecular weight excluding hydrogens is 274 g/mol. The van der Waals surface area contributed by atoms with E-state index in [1.165, 1.54) is 10.0 Å². The number of aromatic nitrogens is 2. The van der Waals surface area contributed by atoms with Gasteiger partial charge in [-0.1, -0.05) is 6.92 Å². The van der Waals surface area contributed by atoms with Crippen molar-refractivity contribution in [3.05, 3.63) is 32.7 Å². The Morgan fingerprint density at radius 2 is 2.18 bits per heavy atom. The molecular formula is C11H16ClN3S2. The van der Waals surface area contributed by atoms with Gasteiger partial charge in [-0.3, -0.25) is 0 Å². The van der Waals surface area contributed by atoms with E-state index in [-0.39, 0.29) is 12.4 Å². The molecule has 0 bridgehead atoms. The summed E-state index contributed by atoms with van der Waals surface area (Å²) < 4.78 is 0. The molecule has 0 aromatic carbocycles. The number of thiazole rings is 2. The molecule has 2 aromatic rings. The molecule has 0 aliphatic carbocycles. The van der Waals surface area contributed by atoms with Crippen LogP contribution in [-0.2, 0) is 19.4 Å². The third-order valence-electron chi connectivity index (χ3n) is 2.21. The second kappa shape index (κ2) is 7.76. The number of nitrogens with zero attached hydrogens (tertiary/aromatic N) is 2. The molecule has 0 aliphatic rings. The largest absolute Gasteiger partial charge is 0.311 e. The minimum absolute atomic E-state index is 0. The standard InChI is InChI=1S/C11H15N3S2.ClH/c1-2-10-14-9(8-16-10)7-12-4-3-11-13-5-6-15-11;/h5-6,8,12H,2-4,7H2,1H3;1H. The first-order valence-electron chi connectivity index (χ1n) is 5.41. The molecule has 0 atom stereocenters. The summed E-state index contributed by atoms with van der Waals surface area (Å²) in [5.41, 5.74) is 1.15. The van der Waals surface area contributed by atoms with Crippen LogP contribution in [-0.4, -0.2) is 16.5 Å². The van der Waals surface area contributed by atoms with Gasteiger partial charge in [-0.05, 0) is 6.42 Å². The number of hydrogen-bond donors (Lipinski definition) is 1. The maximum atomic E-state index is 4.51. The summed E-state index contributed by atoms with van der Waals surface area (Å²) in [5, 5.41) is 9.95. The number of nitrogens with one attached hydrogen (secondary N) is 1. The summed E-state index contributed by atoms with van der Waals surface area (Å²) >= 11 is 3.46. The average molecular weight is 290 g/mol. The van der Waals surface area contributed by atoms with Crippen molar-refractivity contribution in [2.75, 3.05) is 6.54 Å². The Morgan fingerprint density at radius 1 is 1.29 bits per heavy atom. The van der Waals surface area contributed by atoms with E-state index >= 15 is 0 Å². The Hall–Kier alpha value is -0.490. The highest BCUT2D eigenvalue weighted by molar-refractivity contribution is 7.09. The first kappa shape index (κ1) is 14.6. The first-order chi connectivity index (χ1) is 7.88. The van der Waals surface area contributed by atoms with Crippen molar-refractivity contribution >= 4 is 35.1 Å². The Kier molecular flexibility index (Phi) is 6.65. The van der Waals surface area contributed by atoms with Gasteiger partial charge in [-0.25, -0.2) is 9.97 Å². The topological polar surface area (TPSA) is 37.8 Å². The van der Waals surface area contributed by atoms with E-state index in [0.29, 0.717) is 0 Å². The highest BCUT2D eigenvalue weighted by Gasteiger charge is 2.00. The zero-order valence-electron chi connectivity index (χ0n) is 9.68. The quantitative estimate of drug-likeness (QED) is 0.831. The fourth-order valence-corrected chi connectivity index (χ4v) is 2.75. The van der Waals surface area contributed by atoms with Crippen LogP contribution in [0.2, 0.25) is 0 Å². The van der Waals surface area contributed by atoms with Crippen LogP contribution in [0.3, 0.4) is 0 Å². The lowest BCUT2D eigenvalue weighted by Gasteiger charge is -2.00. The molecule has 2 heterocycles. The first-order valence-corrected chi connectivity index (χ1v) is 7.16. The van der Waals surface area contributed by atoms with Crippen molar-refractivity contribution in [3.8, 4) is 0 Å². The van der Waals surface area contributed by atoms with Crippen molar-refractivity contribution in [2.24, 2.45) is 0 Å². The van der Waals surface area contributed by atoms with Crippen molar-refractivity contribution in [1.29, 1.82) is 0 Å². The van der Waals surface area contributed by atoms with Crippen LogP contribution in [0.1, 0.15) is 22.6 Å². The van der Waals surface area contributed by atoms with Gasteiger partial charge in [0.05, 0.1) is 15.7 Å². The molecule has 0 spiro atoms. The molecule has 6 heteroatoms. The van der Waals surface area contributed by atoms with E-state index in [9.17, 15) is 0 Å². The lowest BCUT2D eigenvalue weighted by atomic mass is 10.4. The Morgan fingerprint density at radius 3 is 2.82 bits per heavy atom. The second-order valence-electron chi connectivity index (χ2n) is 3.44. The highest BCUT2D eigenvalue weighted by atomic mass is 35.5. The molecule has 0 saturated heterocycles. The van der Waals surface area contributed by atoms with Gasteiger partial charge in [-0.15, -0.1) is 35.1 Å². The van der Waals surface area contributed by atoms with Crippen molar-refractivity contribution in [2.45, 2.75) is 26.3 Å². The van der Waals surface area contributed by atoms with Crippen LogP contribution in [0.25, 0.3) is 0 Å². The van der Waals surface area contributed by atoms with Crippen LogP contribution >= 0.6 is 35.1 Å². The Bertz CT molecular complexity index is 414. The van der Waals surface area contributed by atoms with E-state index in [2.05, 4.69) is 27.6 Å². The monoisotopic (exact) mass is 289 g/mol. The van der Waals surface area contributed by atoms with Gasteiger partial charge in [0, 0.05) is 36.5 Å². The molecule has 0 aliphatic heterocycles. The lowest BCUT2D eigenvalue weighted by Crippen LogP contribution is -2.16. The van der Waals surface area contributed by atoms with E-state index in [1.54, 1.807) is 22.7 Å². The number of rotatable bonds is 6. The summed E-state index contributed by atoms with van der Waals surface area (Å²) in [4.78, 5) is 8.75. The maximum Gasteiger partial charge on any atom is 0.0937 e. The predicted octanol–water partition coefficient (Wildman–Crippen LogP) is 2.92. The van der Waals surface area contributed by atoms with E-state index < -0.39 is 0 Å².